The highest BCUT2D eigenvalue weighted by atomic mass is 16.2. The topological polar surface area (TPSA) is 78.5 Å². The van der Waals surface area contributed by atoms with Crippen LogP contribution in [0.4, 0.5) is 11.4 Å². The van der Waals surface area contributed by atoms with Gasteiger partial charge in [-0.3, -0.25) is 14.4 Å². The molecule has 0 saturated carbocycles. The highest BCUT2D eigenvalue weighted by Gasteiger charge is 2.21. The summed E-state index contributed by atoms with van der Waals surface area (Å²) >= 11 is 0. The molecule has 0 spiro atoms. The summed E-state index contributed by atoms with van der Waals surface area (Å²) in [6.45, 7) is 4.75. The number of hydrogen-bond donors (Lipinski definition) is 2. The molecule has 1 aliphatic rings. The number of nitrogens with one attached hydrogen (secondary N) is 2. The van der Waals surface area contributed by atoms with Crippen molar-refractivity contribution in [2.24, 2.45) is 0 Å². The second kappa shape index (κ2) is 7.06. The number of carbonyl (C=O) groups excluding carboxylic acids is 3. The van der Waals surface area contributed by atoms with Crippen LogP contribution in [0.15, 0.2) is 18.2 Å². The van der Waals surface area contributed by atoms with Crippen LogP contribution < -0.4 is 15.5 Å². The van der Waals surface area contributed by atoms with Crippen LogP contribution in [0, 0.1) is 6.92 Å². The predicted molar refractivity (Wildman–Crippen MR) is 84.7 cm³/mol. The third-order valence-corrected chi connectivity index (χ3v) is 3.62. The average molecular weight is 303 g/mol. The van der Waals surface area contributed by atoms with Crippen LogP contribution >= 0.6 is 0 Å². The van der Waals surface area contributed by atoms with Crippen LogP contribution in [0.25, 0.3) is 0 Å². The van der Waals surface area contributed by atoms with Gasteiger partial charge >= 0.3 is 11.8 Å². The van der Waals surface area contributed by atoms with Gasteiger partial charge < -0.3 is 15.5 Å². The minimum atomic E-state index is -0.707. The summed E-state index contributed by atoms with van der Waals surface area (Å²) in [7, 11) is 0. The molecule has 1 aromatic rings. The van der Waals surface area contributed by atoms with E-state index in [1.165, 1.54) is 0 Å². The Morgan fingerprint density at radius 2 is 2.00 bits per heavy atom. The average Bonchev–Trinajstić information content (AvgIpc) is 2.50. The molecule has 1 heterocycles. The summed E-state index contributed by atoms with van der Waals surface area (Å²) in [5.74, 6) is -1.28. The quantitative estimate of drug-likeness (QED) is 0.832. The summed E-state index contributed by atoms with van der Waals surface area (Å²) < 4.78 is 0. The molecule has 2 N–H and O–H groups in total. The fraction of sp³-hybridized carbons (Fsp3) is 0.438. The lowest BCUT2D eigenvalue weighted by atomic mass is 10.1. The fourth-order valence-electron chi connectivity index (χ4n) is 2.47. The van der Waals surface area contributed by atoms with E-state index in [2.05, 4.69) is 10.6 Å². The summed E-state index contributed by atoms with van der Waals surface area (Å²) in [5.41, 5.74) is 2.26. The van der Waals surface area contributed by atoms with E-state index in [0.29, 0.717) is 25.2 Å². The number of hydrogen-bond acceptors (Lipinski definition) is 3. The van der Waals surface area contributed by atoms with E-state index in [9.17, 15) is 14.4 Å². The van der Waals surface area contributed by atoms with E-state index in [1.807, 2.05) is 13.0 Å². The molecule has 1 saturated heterocycles. The van der Waals surface area contributed by atoms with Crippen molar-refractivity contribution < 1.29 is 14.4 Å². The molecule has 0 atom stereocenters. The number of nitrogens with zero attached hydrogens (tertiary/aromatic N) is 1. The Balaban J connectivity index is 2.18. The molecule has 0 unspecified atom stereocenters. The zero-order chi connectivity index (χ0) is 16.1. The van der Waals surface area contributed by atoms with Gasteiger partial charge in [0.1, 0.15) is 0 Å². The number of benzene rings is 1. The summed E-state index contributed by atoms with van der Waals surface area (Å²) in [6.07, 6.45) is 2.44. The molecular weight excluding hydrogens is 282 g/mol. The lowest BCUT2D eigenvalue weighted by Crippen LogP contribution is -2.36. The Bertz CT molecular complexity index is 598. The SMILES string of the molecule is CCNC(=O)C(=O)Nc1ccc(C)c(N2CCCCC2=O)c1. The Morgan fingerprint density at radius 3 is 2.68 bits per heavy atom. The van der Waals surface area contributed by atoms with Gasteiger partial charge in [0, 0.05) is 30.9 Å². The Labute approximate surface area is 129 Å². The van der Waals surface area contributed by atoms with Crippen molar-refractivity contribution >= 4 is 29.1 Å². The molecule has 22 heavy (non-hydrogen) atoms. The molecule has 0 bridgehead atoms. The van der Waals surface area contributed by atoms with Crippen molar-refractivity contribution in [2.45, 2.75) is 33.1 Å². The zero-order valence-electron chi connectivity index (χ0n) is 12.9. The second-order valence-electron chi connectivity index (χ2n) is 5.32. The largest absolute Gasteiger partial charge is 0.348 e. The van der Waals surface area contributed by atoms with E-state index >= 15 is 0 Å². The monoisotopic (exact) mass is 303 g/mol. The van der Waals surface area contributed by atoms with E-state index in [4.69, 9.17) is 0 Å². The van der Waals surface area contributed by atoms with Crippen molar-refractivity contribution in [3.05, 3.63) is 23.8 Å². The number of anilines is 2. The molecule has 6 heteroatoms. The molecular formula is C16H21N3O3. The highest BCUT2D eigenvalue weighted by Crippen LogP contribution is 2.27. The van der Waals surface area contributed by atoms with Gasteiger partial charge in [-0.15, -0.1) is 0 Å². The van der Waals surface area contributed by atoms with Gasteiger partial charge in [0.2, 0.25) is 5.91 Å². The number of carbonyl (C=O) groups is 3. The summed E-state index contributed by atoms with van der Waals surface area (Å²) in [5, 5.41) is 5.01. The van der Waals surface area contributed by atoms with Gasteiger partial charge in [-0.2, -0.15) is 0 Å². The molecule has 1 aromatic carbocycles. The maximum absolute atomic E-state index is 12.0. The van der Waals surface area contributed by atoms with Crippen molar-refractivity contribution in [1.29, 1.82) is 0 Å². The van der Waals surface area contributed by atoms with Gasteiger partial charge in [-0.25, -0.2) is 0 Å². The van der Waals surface area contributed by atoms with Gasteiger partial charge in [0.05, 0.1) is 0 Å². The third kappa shape index (κ3) is 3.63. The van der Waals surface area contributed by atoms with Crippen molar-refractivity contribution in [2.75, 3.05) is 23.3 Å². The molecule has 0 radical (unpaired) electrons. The highest BCUT2D eigenvalue weighted by molar-refractivity contribution is 6.39. The number of amides is 3. The Hall–Kier alpha value is -2.37. The minimum absolute atomic E-state index is 0.0987. The maximum Gasteiger partial charge on any atom is 0.313 e. The predicted octanol–water partition coefficient (Wildman–Crippen LogP) is 1.59. The molecule has 0 aliphatic carbocycles. The first kappa shape index (κ1) is 16.0. The van der Waals surface area contributed by atoms with Crippen LogP contribution in [-0.4, -0.2) is 30.8 Å². The van der Waals surface area contributed by atoms with Crippen LogP contribution in [0.5, 0.6) is 0 Å². The lowest BCUT2D eigenvalue weighted by Gasteiger charge is -2.28. The Kier molecular flexibility index (Phi) is 5.14. The standard InChI is InChI=1S/C16H21N3O3/c1-3-17-15(21)16(22)18-12-8-7-11(2)13(10-12)19-9-5-4-6-14(19)20/h7-8,10H,3-6,9H2,1-2H3,(H,17,21)(H,18,22). The molecule has 1 fully saturated rings. The summed E-state index contributed by atoms with van der Waals surface area (Å²) in [4.78, 5) is 37.0. The molecule has 3 amide bonds. The Morgan fingerprint density at radius 1 is 1.23 bits per heavy atom. The molecule has 6 nitrogen and oxygen atoms in total. The molecule has 2 rings (SSSR count). The zero-order valence-corrected chi connectivity index (χ0v) is 12.9. The molecule has 118 valence electrons. The number of aryl methyl sites for hydroxylation is 1. The van der Waals surface area contributed by atoms with Crippen LogP contribution in [-0.2, 0) is 14.4 Å². The number of piperidine rings is 1. The molecule has 0 aromatic heterocycles. The van der Waals surface area contributed by atoms with E-state index in [0.717, 1.165) is 24.1 Å². The minimum Gasteiger partial charge on any atom is -0.348 e. The normalized spacial score (nSPS) is 14.6. The van der Waals surface area contributed by atoms with Gasteiger partial charge in [-0.05, 0) is 44.4 Å². The fourth-order valence-corrected chi connectivity index (χ4v) is 2.47. The first-order valence-electron chi connectivity index (χ1n) is 7.53. The maximum atomic E-state index is 12.0. The van der Waals surface area contributed by atoms with Crippen LogP contribution in [0.3, 0.4) is 0 Å². The smallest absolute Gasteiger partial charge is 0.313 e. The first-order valence-corrected chi connectivity index (χ1v) is 7.53. The summed E-state index contributed by atoms with van der Waals surface area (Å²) in [6, 6.07) is 5.31. The van der Waals surface area contributed by atoms with Crippen molar-refractivity contribution in [1.82, 2.24) is 5.32 Å². The lowest BCUT2D eigenvalue weighted by molar-refractivity contribution is -0.136. The third-order valence-electron chi connectivity index (χ3n) is 3.62. The van der Waals surface area contributed by atoms with Crippen LogP contribution in [0.1, 0.15) is 31.7 Å². The number of likely N-dealkylation sites (N-methyl/N-ethyl adjacent to an activating group) is 1. The number of rotatable bonds is 3. The van der Waals surface area contributed by atoms with Crippen molar-refractivity contribution in [3.63, 3.8) is 0 Å². The second-order valence-corrected chi connectivity index (χ2v) is 5.32. The van der Waals surface area contributed by atoms with Gasteiger partial charge in [0.15, 0.2) is 0 Å². The first-order chi connectivity index (χ1) is 10.5. The van der Waals surface area contributed by atoms with Gasteiger partial charge in [-0.1, -0.05) is 6.07 Å². The molecule has 1 aliphatic heterocycles. The van der Waals surface area contributed by atoms with E-state index < -0.39 is 11.8 Å². The van der Waals surface area contributed by atoms with E-state index in [1.54, 1.807) is 24.0 Å². The van der Waals surface area contributed by atoms with Crippen molar-refractivity contribution in [3.8, 4) is 0 Å². The van der Waals surface area contributed by atoms with Gasteiger partial charge in [0.25, 0.3) is 0 Å². The van der Waals surface area contributed by atoms with Crippen LogP contribution in [0.2, 0.25) is 0 Å². The van der Waals surface area contributed by atoms with E-state index in [-0.39, 0.29) is 5.91 Å².